The number of carbonyl (C=O) groups is 3. The molecule has 0 aromatic heterocycles. The van der Waals surface area contributed by atoms with Crippen molar-refractivity contribution in [3.63, 3.8) is 0 Å². The Morgan fingerprint density at radius 1 is 0.350 bits per heavy atom. The Bertz CT molecular complexity index is 1100. The minimum absolute atomic E-state index is 0.0899. The molecule has 1 unspecified atom stereocenters. The maximum Gasteiger partial charge on any atom is 0.306 e. The smallest absolute Gasteiger partial charge is 0.306 e. The van der Waals surface area contributed by atoms with Gasteiger partial charge in [-0.3, -0.25) is 14.4 Å². The molecular weight excluding hydrogens is 745 g/mol. The number of hydrogen-bond donors (Lipinski definition) is 0. The molecule has 0 aliphatic rings. The Morgan fingerprint density at radius 2 is 0.667 bits per heavy atom. The lowest BCUT2D eigenvalue weighted by atomic mass is 10.0. The highest BCUT2D eigenvalue weighted by atomic mass is 16.6. The van der Waals surface area contributed by atoms with Crippen molar-refractivity contribution < 1.29 is 28.6 Å². The fourth-order valence-corrected chi connectivity index (χ4v) is 7.04. The number of rotatable bonds is 45. The topological polar surface area (TPSA) is 78.9 Å². The van der Waals surface area contributed by atoms with Gasteiger partial charge in [-0.2, -0.15) is 0 Å². The van der Waals surface area contributed by atoms with Crippen LogP contribution in [0.3, 0.4) is 0 Å². The summed E-state index contributed by atoms with van der Waals surface area (Å²) in [5.41, 5.74) is 0. The number of esters is 3. The molecule has 0 heterocycles. The minimum atomic E-state index is -0.793. The predicted octanol–water partition coefficient (Wildman–Crippen LogP) is 16.5. The van der Waals surface area contributed by atoms with Crippen LogP contribution in [0.5, 0.6) is 0 Å². The van der Waals surface area contributed by atoms with E-state index in [1.54, 1.807) is 0 Å². The van der Waals surface area contributed by atoms with Gasteiger partial charge in [-0.05, 0) is 64.2 Å². The van der Waals surface area contributed by atoms with Crippen LogP contribution in [0, 0.1) is 0 Å². The molecule has 0 aromatic rings. The van der Waals surface area contributed by atoms with Gasteiger partial charge in [0.25, 0.3) is 0 Å². The molecule has 346 valence electrons. The van der Waals surface area contributed by atoms with Gasteiger partial charge in [-0.1, -0.05) is 223 Å². The summed E-state index contributed by atoms with van der Waals surface area (Å²) in [6.07, 6.45) is 59.2. The first-order valence-corrected chi connectivity index (χ1v) is 25.3. The number of allylic oxidation sites excluding steroid dienone is 10. The lowest BCUT2D eigenvalue weighted by molar-refractivity contribution is -0.167. The zero-order chi connectivity index (χ0) is 43.7. The van der Waals surface area contributed by atoms with Crippen molar-refractivity contribution in [2.45, 2.75) is 252 Å². The Labute approximate surface area is 370 Å². The average molecular weight is 839 g/mol. The standard InChI is InChI=1S/C54H94O6/c1-4-7-10-13-16-19-22-25-26-27-28-30-32-35-38-41-44-47-53(56)59-50-51(49-58-52(55)46-43-40-37-34-31-24-21-18-15-12-9-6-3)60-54(57)48-45-42-39-36-33-29-23-20-17-14-11-8-5-2/h8,11,14,17,20,23,25-26,29,33,51H,4-7,9-10,12-13,15-16,18-19,21-22,24,27-28,30-32,34-50H2,1-3H3/b11-8-,17-14-,23-20-,26-25-,33-29-. The van der Waals surface area contributed by atoms with Crippen LogP contribution < -0.4 is 0 Å². The first-order chi connectivity index (χ1) is 29.5. The van der Waals surface area contributed by atoms with Gasteiger partial charge in [0.2, 0.25) is 0 Å². The van der Waals surface area contributed by atoms with Crippen molar-refractivity contribution in [2.24, 2.45) is 0 Å². The van der Waals surface area contributed by atoms with Crippen molar-refractivity contribution >= 4 is 17.9 Å². The van der Waals surface area contributed by atoms with Crippen molar-refractivity contribution in [2.75, 3.05) is 13.2 Å². The SMILES string of the molecule is CC\C=C/C=C\C=C/C=C\CCCCCC(=O)OC(COC(=O)CCCCCCCCC/C=C\CCCCCCCC)COC(=O)CCCCCCCCCCCCCC. The number of unbranched alkanes of at least 4 members (excludes halogenated alkanes) is 27. The predicted molar refractivity (Wildman–Crippen MR) is 256 cm³/mol. The van der Waals surface area contributed by atoms with Gasteiger partial charge in [0.1, 0.15) is 13.2 Å². The van der Waals surface area contributed by atoms with E-state index in [4.69, 9.17) is 14.2 Å². The summed E-state index contributed by atoms with van der Waals surface area (Å²) in [5, 5.41) is 0. The number of carbonyl (C=O) groups excluding carboxylic acids is 3. The minimum Gasteiger partial charge on any atom is -0.462 e. The van der Waals surface area contributed by atoms with Crippen LogP contribution in [0.25, 0.3) is 0 Å². The molecule has 1 atom stereocenters. The summed E-state index contributed by atoms with van der Waals surface area (Å²) < 4.78 is 16.7. The Kier molecular flexibility index (Phi) is 46.4. The van der Waals surface area contributed by atoms with Crippen molar-refractivity contribution in [3.8, 4) is 0 Å². The highest BCUT2D eigenvalue weighted by Crippen LogP contribution is 2.15. The van der Waals surface area contributed by atoms with Crippen LogP contribution in [0.2, 0.25) is 0 Å². The molecule has 0 fully saturated rings. The summed E-state index contributed by atoms with van der Waals surface area (Å²) in [4.78, 5) is 37.9. The van der Waals surface area contributed by atoms with E-state index >= 15 is 0 Å². The molecule has 6 heteroatoms. The Morgan fingerprint density at radius 3 is 1.08 bits per heavy atom. The summed E-state index contributed by atoms with van der Waals surface area (Å²) in [7, 11) is 0. The maximum atomic E-state index is 12.7. The molecule has 6 nitrogen and oxygen atoms in total. The number of hydrogen-bond acceptors (Lipinski definition) is 6. The largest absolute Gasteiger partial charge is 0.462 e. The maximum absolute atomic E-state index is 12.7. The van der Waals surface area contributed by atoms with Gasteiger partial charge in [0.15, 0.2) is 6.10 Å². The van der Waals surface area contributed by atoms with Gasteiger partial charge in [0.05, 0.1) is 0 Å². The fraction of sp³-hybridized carbons (Fsp3) is 0.759. The van der Waals surface area contributed by atoms with Crippen LogP contribution >= 0.6 is 0 Å². The molecule has 60 heavy (non-hydrogen) atoms. The Balaban J connectivity index is 4.40. The van der Waals surface area contributed by atoms with E-state index < -0.39 is 6.10 Å². The molecule has 0 aliphatic heterocycles. The summed E-state index contributed by atoms with van der Waals surface area (Å²) in [6, 6.07) is 0. The zero-order valence-electron chi connectivity index (χ0n) is 39.5. The van der Waals surface area contributed by atoms with Gasteiger partial charge >= 0.3 is 17.9 Å². The van der Waals surface area contributed by atoms with E-state index in [9.17, 15) is 14.4 Å². The van der Waals surface area contributed by atoms with E-state index in [-0.39, 0.29) is 37.5 Å². The van der Waals surface area contributed by atoms with Crippen molar-refractivity contribution in [3.05, 3.63) is 60.8 Å². The molecule has 0 aromatic carbocycles. The van der Waals surface area contributed by atoms with E-state index in [1.165, 1.54) is 135 Å². The van der Waals surface area contributed by atoms with E-state index in [1.807, 2.05) is 36.5 Å². The third kappa shape index (κ3) is 46.2. The molecule has 0 saturated heterocycles. The quantitative estimate of drug-likeness (QED) is 0.0200. The average Bonchev–Trinajstić information content (AvgIpc) is 3.24. The van der Waals surface area contributed by atoms with Crippen LogP contribution in [-0.2, 0) is 28.6 Å². The highest BCUT2D eigenvalue weighted by molar-refractivity contribution is 5.71. The van der Waals surface area contributed by atoms with E-state index in [2.05, 4.69) is 45.1 Å². The Hall–Kier alpha value is -2.89. The second kappa shape index (κ2) is 48.8. The lowest BCUT2D eigenvalue weighted by Gasteiger charge is -2.18. The normalized spacial score (nSPS) is 12.5. The third-order valence-corrected chi connectivity index (χ3v) is 10.9. The summed E-state index contributed by atoms with van der Waals surface area (Å²) in [6.45, 7) is 6.46. The van der Waals surface area contributed by atoms with Gasteiger partial charge in [-0.15, -0.1) is 0 Å². The zero-order valence-corrected chi connectivity index (χ0v) is 39.5. The second-order valence-corrected chi connectivity index (χ2v) is 16.8. The van der Waals surface area contributed by atoms with Crippen LogP contribution in [0.15, 0.2) is 60.8 Å². The van der Waals surface area contributed by atoms with Gasteiger partial charge in [0, 0.05) is 19.3 Å². The number of ether oxygens (including phenoxy) is 3. The second-order valence-electron chi connectivity index (χ2n) is 16.8. The molecule has 0 saturated carbocycles. The first kappa shape index (κ1) is 57.1. The highest BCUT2D eigenvalue weighted by Gasteiger charge is 2.19. The molecule has 0 aliphatic carbocycles. The van der Waals surface area contributed by atoms with Crippen LogP contribution in [0.1, 0.15) is 245 Å². The first-order valence-electron chi connectivity index (χ1n) is 25.3. The van der Waals surface area contributed by atoms with Gasteiger partial charge < -0.3 is 14.2 Å². The lowest BCUT2D eigenvalue weighted by Crippen LogP contribution is -2.30. The molecule has 0 spiro atoms. The van der Waals surface area contributed by atoms with Gasteiger partial charge in [-0.25, -0.2) is 0 Å². The molecule has 0 rings (SSSR count). The monoisotopic (exact) mass is 839 g/mol. The van der Waals surface area contributed by atoms with E-state index in [0.717, 1.165) is 70.6 Å². The van der Waals surface area contributed by atoms with E-state index in [0.29, 0.717) is 12.8 Å². The van der Waals surface area contributed by atoms with Crippen LogP contribution in [-0.4, -0.2) is 37.2 Å². The van der Waals surface area contributed by atoms with Crippen molar-refractivity contribution in [1.29, 1.82) is 0 Å². The van der Waals surface area contributed by atoms with Crippen LogP contribution in [0.4, 0.5) is 0 Å². The molecular formula is C54H94O6. The molecule has 0 bridgehead atoms. The fourth-order valence-electron chi connectivity index (χ4n) is 7.04. The summed E-state index contributed by atoms with van der Waals surface area (Å²) in [5.74, 6) is -0.930. The molecule has 0 N–H and O–H groups in total. The molecule has 0 radical (unpaired) electrons. The summed E-state index contributed by atoms with van der Waals surface area (Å²) >= 11 is 0. The third-order valence-electron chi connectivity index (χ3n) is 10.9. The van der Waals surface area contributed by atoms with Crippen molar-refractivity contribution in [1.82, 2.24) is 0 Å². The molecule has 0 amide bonds.